The molecule has 1 aliphatic heterocycles. The summed E-state index contributed by atoms with van der Waals surface area (Å²) >= 11 is 0. The fourth-order valence-electron chi connectivity index (χ4n) is 2.23. The summed E-state index contributed by atoms with van der Waals surface area (Å²) in [5.41, 5.74) is 5.20. The van der Waals surface area contributed by atoms with Gasteiger partial charge in [0.05, 0.1) is 12.3 Å². The van der Waals surface area contributed by atoms with Crippen molar-refractivity contribution >= 4 is 17.9 Å². The van der Waals surface area contributed by atoms with Crippen molar-refractivity contribution in [3.05, 3.63) is 0 Å². The van der Waals surface area contributed by atoms with Gasteiger partial charge < -0.3 is 21.1 Å². The highest BCUT2D eigenvalue weighted by Gasteiger charge is 2.30. The van der Waals surface area contributed by atoms with Crippen molar-refractivity contribution in [1.82, 2.24) is 10.2 Å². The number of rotatable bonds is 6. The molecule has 19 heavy (non-hydrogen) atoms. The Kier molecular flexibility index (Phi) is 5.59. The number of carbonyl (C=O) groups excluding carboxylic acids is 2. The maximum absolute atomic E-state index is 11.9. The molecule has 0 aliphatic carbocycles. The minimum atomic E-state index is -0.935. The average molecular weight is 271 g/mol. The SMILES string of the molecule is CCCC(CC(=O)O)NC(=O)N1CCC(C(N)=O)C1. The molecule has 1 saturated heterocycles. The van der Waals surface area contributed by atoms with Crippen LogP contribution in [0.25, 0.3) is 0 Å². The number of carboxylic acids is 1. The number of carbonyl (C=O) groups is 3. The molecule has 108 valence electrons. The zero-order valence-electron chi connectivity index (χ0n) is 11.1. The number of hydrogen-bond donors (Lipinski definition) is 3. The van der Waals surface area contributed by atoms with E-state index in [1.54, 1.807) is 0 Å². The van der Waals surface area contributed by atoms with Crippen LogP contribution in [0, 0.1) is 5.92 Å². The van der Waals surface area contributed by atoms with Crippen molar-refractivity contribution in [1.29, 1.82) is 0 Å². The smallest absolute Gasteiger partial charge is 0.317 e. The van der Waals surface area contributed by atoms with E-state index in [0.717, 1.165) is 6.42 Å². The van der Waals surface area contributed by atoms with Crippen molar-refractivity contribution in [2.24, 2.45) is 11.7 Å². The molecule has 0 aromatic heterocycles. The largest absolute Gasteiger partial charge is 0.481 e. The molecule has 0 spiro atoms. The lowest BCUT2D eigenvalue weighted by Crippen LogP contribution is -2.45. The van der Waals surface area contributed by atoms with Crippen LogP contribution in [-0.2, 0) is 9.59 Å². The Morgan fingerprint density at radius 1 is 1.47 bits per heavy atom. The molecule has 2 unspecified atom stereocenters. The van der Waals surface area contributed by atoms with Crippen molar-refractivity contribution in [3.63, 3.8) is 0 Å². The molecule has 1 heterocycles. The molecular formula is C12H21N3O4. The van der Waals surface area contributed by atoms with Crippen LogP contribution in [0.5, 0.6) is 0 Å². The Hall–Kier alpha value is -1.79. The highest BCUT2D eigenvalue weighted by molar-refractivity contribution is 5.80. The van der Waals surface area contributed by atoms with Gasteiger partial charge in [-0.3, -0.25) is 9.59 Å². The van der Waals surface area contributed by atoms with E-state index in [2.05, 4.69) is 5.32 Å². The molecule has 2 atom stereocenters. The van der Waals surface area contributed by atoms with Crippen molar-refractivity contribution in [3.8, 4) is 0 Å². The van der Waals surface area contributed by atoms with Gasteiger partial charge in [-0.15, -0.1) is 0 Å². The number of urea groups is 1. The van der Waals surface area contributed by atoms with Crippen LogP contribution in [0.3, 0.4) is 0 Å². The fraction of sp³-hybridized carbons (Fsp3) is 0.750. The van der Waals surface area contributed by atoms with Gasteiger partial charge in [0.2, 0.25) is 5.91 Å². The van der Waals surface area contributed by atoms with Crippen LogP contribution in [0.2, 0.25) is 0 Å². The summed E-state index contributed by atoms with van der Waals surface area (Å²) in [5, 5.41) is 11.5. The second kappa shape index (κ2) is 6.96. The first-order valence-corrected chi connectivity index (χ1v) is 6.50. The Morgan fingerprint density at radius 2 is 2.16 bits per heavy atom. The molecule has 0 radical (unpaired) electrons. The number of hydrogen-bond acceptors (Lipinski definition) is 3. The number of primary amides is 1. The summed E-state index contributed by atoms with van der Waals surface area (Å²) < 4.78 is 0. The van der Waals surface area contributed by atoms with Gasteiger partial charge >= 0.3 is 12.0 Å². The molecule has 1 fully saturated rings. The van der Waals surface area contributed by atoms with E-state index in [1.165, 1.54) is 4.90 Å². The fourth-order valence-corrected chi connectivity index (χ4v) is 2.23. The number of amides is 3. The molecule has 0 bridgehead atoms. The first-order chi connectivity index (χ1) is 8.93. The number of carboxylic acid groups (broad SMARTS) is 1. The Balaban J connectivity index is 2.48. The quantitative estimate of drug-likeness (QED) is 0.638. The molecule has 7 nitrogen and oxygen atoms in total. The van der Waals surface area contributed by atoms with Gasteiger partial charge in [0, 0.05) is 19.1 Å². The molecule has 1 aliphatic rings. The number of nitrogens with zero attached hydrogens (tertiary/aromatic N) is 1. The van der Waals surface area contributed by atoms with Crippen molar-refractivity contribution < 1.29 is 19.5 Å². The van der Waals surface area contributed by atoms with E-state index in [-0.39, 0.29) is 24.4 Å². The Morgan fingerprint density at radius 3 is 2.63 bits per heavy atom. The molecular weight excluding hydrogens is 250 g/mol. The molecule has 0 saturated carbocycles. The van der Waals surface area contributed by atoms with E-state index in [1.807, 2.05) is 6.92 Å². The molecule has 7 heteroatoms. The van der Waals surface area contributed by atoms with E-state index >= 15 is 0 Å². The summed E-state index contributed by atoms with van der Waals surface area (Å²) in [7, 11) is 0. The topological polar surface area (TPSA) is 113 Å². The van der Waals surface area contributed by atoms with Gasteiger partial charge in [0.1, 0.15) is 0 Å². The lowest BCUT2D eigenvalue weighted by Gasteiger charge is -2.22. The molecule has 0 aromatic carbocycles. The standard InChI is InChI=1S/C12H21N3O4/c1-2-3-9(6-10(16)17)14-12(19)15-5-4-8(7-15)11(13)18/h8-9H,2-7H2,1H3,(H2,13,18)(H,14,19)(H,16,17). The third-order valence-corrected chi connectivity index (χ3v) is 3.26. The predicted molar refractivity (Wildman–Crippen MR) is 68.4 cm³/mol. The first-order valence-electron chi connectivity index (χ1n) is 6.50. The summed E-state index contributed by atoms with van der Waals surface area (Å²) in [6.45, 7) is 2.72. The van der Waals surface area contributed by atoms with Gasteiger partial charge in [0.25, 0.3) is 0 Å². The molecule has 3 amide bonds. The van der Waals surface area contributed by atoms with Crippen LogP contribution in [0.15, 0.2) is 0 Å². The minimum Gasteiger partial charge on any atom is -0.481 e. The zero-order chi connectivity index (χ0) is 14.4. The van der Waals surface area contributed by atoms with Crippen LogP contribution in [0.4, 0.5) is 4.79 Å². The second-order valence-corrected chi connectivity index (χ2v) is 4.87. The minimum absolute atomic E-state index is 0.0906. The van der Waals surface area contributed by atoms with Crippen molar-refractivity contribution in [2.75, 3.05) is 13.1 Å². The van der Waals surface area contributed by atoms with Gasteiger partial charge in [-0.2, -0.15) is 0 Å². The van der Waals surface area contributed by atoms with Crippen LogP contribution < -0.4 is 11.1 Å². The maximum atomic E-state index is 11.9. The lowest BCUT2D eigenvalue weighted by atomic mass is 10.1. The van der Waals surface area contributed by atoms with Crippen LogP contribution >= 0.6 is 0 Å². The van der Waals surface area contributed by atoms with E-state index in [9.17, 15) is 14.4 Å². The normalized spacial score (nSPS) is 20.1. The second-order valence-electron chi connectivity index (χ2n) is 4.87. The summed E-state index contributed by atoms with van der Waals surface area (Å²) in [6.07, 6.45) is 1.89. The number of nitrogens with two attached hydrogens (primary N) is 1. The Labute approximate surface area is 112 Å². The summed E-state index contributed by atoms with van der Waals surface area (Å²) in [5.74, 6) is -1.63. The van der Waals surface area contributed by atoms with Gasteiger partial charge in [0.15, 0.2) is 0 Å². The van der Waals surface area contributed by atoms with Crippen LogP contribution in [-0.4, -0.2) is 47.0 Å². The van der Waals surface area contributed by atoms with E-state index < -0.39 is 11.9 Å². The summed E-state index contributed by atoms with van der Waals surface area (Å²) in [6, 6.07) is -0.689. The number of aliphatic carboxylic acids is 1. The first kappa shape index (κ1) is 15.3. The monoisotopic (exact) mass is 271 g/mol. The lowest BCUT2D eigenvalue weighted by molar-refractivity contribution is -0.137. The maximum Gasteiger partial charge on any atom is 0.317 e. The highest BCUT2D eigenvalue weighted by atomic mass is 16.4. The zero-order valence-corrected chi connectivity index (χ0v) is 11.1. The van der Waals surface area contributed by atoms with Crippen LogP contribution in [0.1, 0.15) is 32.6 Å². The highest BCUT2D eigenvalue weighted by Crippen LogP contribution is 2.16. The summed E-state index contributed by atoms with van der Waals surface area (Å²) in [4.78, 5) is 35.2. The average Bonchev–Trinajstić information content (AvgIpc) is 2.77. The predicted octanol–water partition coefficient (Wildman–Crippen LogP) is 0.147. The Bertz CT molecular complexity index is 359. The third kappa shape index (κ3) is 4.76. The number of nitrogens with one attached hydrogen (secondary N) is 1. The van der Waals surface area contributed by atoms with E-state index in [0.29, 0.717) is 25.9 Å². The molecule has 4 N–H and O–H groups in total. The molecule has 0 aromatic rings. The third-order valence-electron chi connectivity index (χ3n) is 3.26. The molecule has 1 rings (SSSR count). The van der Waals surface area contributed by atoms with Crippen molar-refractivity contribution in [2.45, 2.75) is 38.6 Å². The van der Waals surface area contributed by atoms with Gasteiger partial charge in [-0.1, -0.05) is 13.3 Å². The van der Waals surface area contributed by atoms with Gasteiger partial charge in [-0.05, 0) is 12.8 Å². The van der Waals surface area contributed by atoms with E-state index in [4.69, 9.17) is 10.8 Å². The van der Waals surface area contributed by atoms with Gasteiger partial charge in [-0.25, -0.2) is 4.79 Å². The number of likely N-dealkylation sites (tertiary alicyclic amines) is 1.